The number of ether oxygens (including phenoxy) is 1. The first-order chi connectivity index (χ1) is 15.5. The van der Waals surface area contributed by atoms with E-state index in [0.29, 0.717) is 16.5 Å². The Morgan fingerprint density at radius 2 is 1.91 bits per heavy atom. The van der Waals surface area contributed by atoms with Crippen molar-refractivity contribution in [1.29, 1.82) is 0 Å². The predicted molar refractivity (Wildman–Crippen MR) is 130 cm³/mol. The van der Waals surface area contributed by atoms with Gasteiger partial charge in [0.25, 0.3) is 0 Å². The first-order valence-corrected chi connectivity index (χ1v) is 12.0. The molecule has 1 aromatic heterocycles. The summed E-state index contributed by atoms with van der Waals surface area (Å²) in [6, 6.07) is 19.9. The van der Waals surface area contributed by atoms with E-state index >= 15 is 0 Å². The molecule has 1 aliphatic carbocycles. The minimum Gasteiger partial charge on any atom is -0.476 e. The average Bonchev–Trinajstić information content (AvgIpc) is 3.20. The van der Waals surface area contributed by atoms with Crippen LogP contribution >= 0.6 is 27.5 Å². The van der Waals surface area contributed by atoms with E-state index < -0.39 is 11.2 Å². The molecule has 2 N–H and O–H groups in total. The van der Waals surface area contributed by atoms with E-state index in [9.17, 15) is 5.11 Å². The summed E-state index contributed by atoms with van der Waals surface area (Å²) < 4.78 is 7.69. The summed E-state index contributed by atoms with van der Waals surface area (Å²) in [7, 11) is 0. The Bertz CT molecular complexity index is 1170. The highest BCUT2D eigenvalue weighted by atomic mass is 79.9. The molecule has 0 radical (unpaired) electrons. The normalized spacial score (nSPS) is 25.6. The maximum atomic E-state index is 12.6. The van der Waals surface area contributed by atoms with Gasteiger partial charge in [0.1, 0.15) is 11.4 Å². The number of fused-ring (bicyclic) bond motifs is 3. The van der Waals surface area contributed by atoms with Gasteiger partial charge in [-0.2, -0.15) is 0 Å². The first kappa shape index (κ1) is 21.5. The molecule has 0 saturated heterocycles. The van der Waals surface area contributed by atoms with Crippen molar-refractivity contribution in [3.63, 3.8) is 0 Å². The molecule has 2 heterocycles. The molecule has 4 nitrogen and oxygen atoms in total. The standard InChI is InChI=1S/C26H24BrClN2O2/c1-2-3-13-29-23-15-21(17-7-5-4-6-8-17)26(18-9-11-19(27)12-10-18)25(23,31)24-22(32-26)14-20(28)16-30-24/h4-12,14-16,21,29,31H,2-3,13H2,1H3. The minimum absolute atomic E-state index is 0.244. The van der Waals surface area contributed by atoms with Gasteiger partial charge in [0, 0.05) is 28.8 Å². The Morgan fingerprint density at radius 3 is 2.62 bits per heavy atom. The number of rotatable bonds is 6. The van der Waals surface area contributed by atoms with Crippen LogP contribution in [0.15, 0.2) is 83.1 Å². The van der Waals surface area contributed by atoms with Crippen molar-refractivity contribution in [2.24, 2.45) is 0 Å². The number of benzene rings is 2. The smallest absolute Gasteiger partial charge is 0.194 e. The topological polar surface area (TPSA) is 54.4 Å². The van der Waals surface area contributed by atoms with Gasteiger partial charge in [0.15, 0.2) is 11.2 Å². The Labute approximate surface area is 201 Å². The molecule has 32 heavy (non-hydrogen) atoms. The third-order valence-electron chi connectivity index (χ3n) is 6.41. The van der Waals surface area contributed by atoms with Crippen molar-refractivity contribution in [3.05, 3.63) is 105 Å². The highest BCUT2D eigenvalue weighted by molar-refractivity contribution is 9.10. The molecule has 1 aliphatic heterocycles. The van der Waals surface area contributed by atoms with E-state index in [4.69, 9.17) is 16.3 Å². The van der Waals surface area contributed by atoms with Crippen LogP contribution in [0.4, 0.5) is 0 Å². The molecule has 2 aliphatic rings. The highest BCUT2D eigenvalue weighted by Crippen LogP contribution is 2.65. The molecule has 5 rings (SSSR count). The number of pyridine rings is 1. The maximum Gasteiger partial charge on any atom is 0.194 e. The maximum absolute atomic E-state index is 12.6. The van der Waals surface area contributed by atoms with E-state index in [1.54, 1.807) is 12.3 Å². The van der Waals surface area contributed by atoms with E-state index in [-0.39, 0.29) is 5.92 Å². The van der Waals surface area contributed by atoms with Gasteiger partial charge in [-0.3, -0.25) is 4.98 Å². The van der Waals surface area contributed by atoms with Gasteiger partial charge in [-0.05, 0) is 30.2 Å². The monoisotopic (exact) mass is 510 g/mol. The molecular formula is C26H24BrClN2O2. The third kappa shape index (κ3) is 3.10. The van der Waals surface area contributed by atoms with Gasteiger partial charge in [-0.1, -0.05) is 83.3 Å². The van der Waals surface area contributed by atoms with Crippen LogP contribution in [0.3, 0.4) is 0 Å². The summed E-state index contributed by atoms with van der Waals surface area (Å²) in [5, 5.41) is 16.5. The van der Waals surface area contributed by atoms with E-state index in [2.05, 4.69) is 51.4 Å². The summed E-state index contributed by atoms with van der Waals surface area (Å²) in [5.41, 5.74) is 0.517. The molecule has 3 unspecified atom stereocenters. The number of nitrogens with zero attached hydrogens (tertiary/aromatic N) is 1. The lowest BCUT2D eigenvalue weighted by atomic mass is 9.71. The molecule has 3 atom stereocenters. The molecule has 0 saturated carbocycles. The van der Waals surface area contributed by atoms with Crippen molar-refractivity contribution in [2.75, 3.05) is 6.54 Å². The van der Waals surface area contributed by atoms with E-state index in [1.807, 2.05) is 42.5 Å². The van der Waals surface area contributed by atoms with Crippen LogP contribution in [0, 0.1) is 0 Å². The molecular weight excluding hydrogens is 488 g/mol. The molecule has 3 aromatic rings. The molecule has 0 fully saturated rings. The van der Waals surface area contributed by atoms with Gasteiger partial charge in [-0.15, -0.1) is 0 Å². The van der Waals surface area contributed by atoms with E-state index in [0.717, 1.165) is 40.7 Å². The molecule has 0 spiro atoms. The van der Waals surface area contributed by atoms with Crippen molar-refractivity contribution in [2.45, 2.75) is 36.9 Å². The van der Waals surface area contributed by atoms with Crippen LogP contribution in [0.2, 0.25) is 5.02 Å². The number of aliphatic hydroxyl groups is 1. The Morgan fingerprint density at radius 1 is 1.16 bits per heavy atom. The van der Waals surface area contributed by atoms with Gasteiger partial charge in [-0.25, -0.2) is 0 Å². The lowest BCUT2D eigenvalue weighted by Gasteiger charge is -2.41. The second-order valence-corrected chi connectivity index (χ2v) is 9.66. The molecule has 0 amide bonds. The molecule has 164 valence electrons. The zero-order valence-corrected chi connectivity index (χ0v) is 20.0. The summed E-state index contributed by atoms with van der Waals surface area (Å²) in [5.74, 6) is 0.263. The molecule has 6 heteroatoms. The number of aromatic nitrogens is 1. The van der Waals surface area contributed by atoms with Crippen molar-refractivity contribution < 1.29 is 9.84 Å². The minimum atomic E-state index is -1.49. The lowest BCUT2D eigenvalue weighted by Crippen LogP contribution is -2.52. The number of hydrogen-bond donors (Lipinski definition) is 2. The van der Waals surface area contributed by atoms with Crippen LogP contribution < -0.4 is 10.1 Å². The quantitative estimate of drug-likeness (QED) is 0.396. The first-order valence-electron chi connectivity index (χ1n) is 10.8. The fraction of sp³-hybridized carbons (Fsp3) is 0.269. The zero-order chi connectivity index (χ0) is 22.3. The lowest BCUT2D eigenvalue weighted by molar-refractivity contribution is -0.0966. The number of hydrogen-bond acceptors (Lipinski definition) is 4. The fourth-order valence-corrected chi connectivity index (χ4v) is 5.35. The second kappa shape index (κ2) is 8.22. The van der Waals surface area contributed by atoms with Crippen molar-refractivity contribution in [3.8, 4) is 5.75 Å². The average molecular weight is 512 g/mol. The Hall–Kier alpha value is -2.34. The molecule has 2 aromatic carbocycles. The number of halogens is 2. The van der Waals surface area contributed by atoms with Gasteiger partial charge >= 0.3 is 0 Å². The fourth-order valence-electron chi connectivity index (χ4n) is 4.94. The van der Waals surface area contributed by atoms with E-state index in [1.165, 1.54) is 0 Å². The third-order valence-corrected chi connectivity index (χ3v) is 7.14. The van der Waals surface area contributed by atoms with Gasteiger partial charge < -0.3 is 15.2 Å². The Kier molecular flexibility index (Phi) is 5.52. The predicted octanol–water partition coefficient (Wildman–Crippen LogP) is 6.04. The van der Waals surface area contributed by atoms with Crippen LogP contribution in [0.25, 0.3) is 0 Å². The van der Waals surface area contributed by atoms with Gasteiger partial charge in [0.2, 0.25) is 0 Å². The molecule has 0 bridgehead atoms. The number of nitrogens with one attached hydrogen (secondary N) is 1. The highest BCUT2D eigenvalue weighted by Gasteiger charge is 2.70. The summed E-state index contributed by atoms with van der Waals surface area (Å²) in [4.78, 5) is 4.57. The number of unbranched alkanes of at least 4 members (excludes halogenated alkanes) is 1. The van der Waals surface area contributed by atoms with Crippen molar-refractivity contribution in [1.82, 2.24) is 10.3 Å². The second-order valence-electron chi connectivity index (χ2n) is 8.30. The Balaban J connectivity index is 1.77. The van der Waals surface area contributed by atoms with Crippen LogP contribution in [0.5, 0.6) is 5.75 Å². The summed E-state index contributed by atoms with van der Waals surface area (Å²) in [6.45, 7) is 2.90. The van der Waals surface area contributed by atoms with Crippen LogP contribution in [0.1, 0.15) is 42.5 Å². The van der Waals surface area contributed by atoms with Crippen molar-refractivity contribution >= 4 is 27.5 Å². The van der Waals surface area contributed by atoms with Crippen LogP contribution in [-0.2, 0) is 11.2 Å². The van der Waals surface area contributed by atoms with Gasteiger partial charge in [0.05, 0.1) is 16.6 Å². The summed E-state index contributed by atoms with van der Waals surface area (Å²) >= 11 is 9.80. The summed E-state index contributed by atoms with van der Waals surface area (Å²) in [6.07, 6.45) is 5.72. The zero-order valence-electron chi connectivity index (χ0n) is 17.7. The SMILES string of the molecule is CCCCNC1=CC(c2ccccc2)C2(c3ccc(Br)cc3)Oc3cc(Cl)cnc3C12O. The largest absolute Gasteiger partial charge is 0.476 e. The van der Waals surface area contributed by atoms with Crippen LogP contribution in [-0.4, -0.2) is 16.6 Å².